The molecule has 0 saturated carbocycles. The maximum Gasteiger partial charge on any atom is 0.471 e. The lowest BCUT2D eigenvalue weighted by atomic mass is 10.1. The highest BCUT2D eigenvalue weighted by Crippen LogP contribution is 2.26. The van der Waals surface area contributed by atoms with Crippen LogP contribution in [-0.2, 0) is 25.7 Å². The molecule has 9 N–H and O–H groups in total. The fourth-order valence-corrected chi connectivity index (χ4v) is 4.54. The number of nitrogens with one attached hydrogen (secondary N) is 4. The molecular formula is C30H37F3N10O7. The lowest BCUT2D eigenvalue weighted by molar-refractivity contribution is -0.170. The molecule has 3 rings (SSSR count). The Bertz CT molecular complexity index is 1740. The largest absolute Gasteiger partial charge is 0.480 e. The predicted molar refractivity (Wildman–Crippen MR) is 172 cm³/mol. The lowest BCUT2D eigenvalue weighted by Gasteiger charge is -2.24. The first-order valence-corrected chi connectivity index (χ1v) is 15.5. The number of halogens is 3. The normalized spacial score (nSPS) is 11.8. The van der Waals surface area contributed by atoms with Gasteiger partial charge in [-0.2, -0.15) is 18.2 Å². The molecule has 50 heavy (non-hydrogen) atoms. The van der Waals surface area contributed by atoms with Gasteiger partial charge in [-0.05, 0) is 56.5 Å². The molecule has 1 unspecified atom stereocenters. The Hall–Kier alpha value is -5.66. The number of nitrogen functional groups attached to an aromatic ring is 1. The smallest absolute Gasteiger partial charge is 0.471 e. The molecule has 3 aromatic rings. The van der Waals surface area contributed by atoms with Crippen molar-refractivity contribution in [2.75, 3.05) is 30.3 Å². The minimum absolute atomic E-state index is 0.151. The number of nitrogens with zero attached hydrogens (tertiary/aromatic N) is 4. The molecule has 4 amide bonds. The fourth-order valence-electron chi connectivity index (χ4n) is 4.54. The summed E-state index contributed by atoms with van der Waals surface area (Å²) in [6.45, 7) is 0.536. The standard InChI is InChI=1S/C30H37F3N10O7/c31-30(32,33)28(50)43(16-18-15-38-24-23(39-18)26(47)42-29(35)41-24)19-8-6-17(7-9-19)25(46)40-20(27(48)49)10-11-22(45)37-14-4-5-21(44)36-13-3-1-2-12-34/h6-9,15,20H,1-5,10-14,16,34H2,(H,36,44)(H,37,45)(H,40,46)(H,48,49)(H3,35,38,41,42,47). The van der Waals surface area contributed by atoms with E-state index in [1.54, 1.807) is 0 Å². The molecule has 1 atom stereocenters. The van der Waals surface area contributed by atoms with E-state index in [0.717, 1.165) is 49.7 Å². The number of benzene rings is 1. The summed E-state index contributed by atoms with van der Waals surface area (Å²) in [7, 11) is 0. The number of alkyl halides is 3. The molecule has 20 heteroatoms. The van der Waals surface area contributed by atoms with Gasteiger partial charge < -0.3 is 32.5 Å². The minimum Gasteiger partial charge on any atom is -0.480 e. The summed E-state index contributed by atoms with van der Waals surface area (Å²) in [5.41, 5.74) is 8.94. The lowest BCUT2D eigenvalue weighted by Crippen LogP contribution is -2.42. The first-order chi connectivity index (χ1) is 23.7. The van der Waals surface area contributed by atoms with Gasteiger partial charge in [-0.1, -0.05) is 6.42 Å². The van der Waals surface area contributed by atoms with Crippen LogP contribution in [0.15, 0.2) is 35.3 Å². The zero-order valence-corrected chi connectivity index (χ0v) is 26.7. The summed E-state index contributed by atoms with van der Waals surface area (Å²) >= 11 is 0. The number of carbonyl (C=O) groups is 5. The van der Waals surface area contributed by atoms with Crippen LogP contribution in [0.3, 0.4) is 0 Å². The second kappa shape index (κ2) is 18.2. The monoisotopic (exact) mass is 706 g/mol. The third-order valence-electron chi connectivity index (χ3n) is 7.10. The first-order valence-electron chi connectivity index (χ1n) is 15.5. The first kappa shape index (κ1) is 38.8. The molecule has 0 aliphatic heterocycles. The predicted octanol–water partition coefficient (Wildman–Crippen LogP) is 0.496. The van der Waals surface area contributed by atoms with Gasteiger partial charge in [0.2, 0.25) is 17.8 Å². The highest BCUT2D eigenvalue weighted by Gasteiger charge is 2.43. The third-order valence-corrected chi connectivity index (χ3v) is 7.10. The number of hydrogen-bond acceptors (Lipinski definition) is 11. The van der Waals surface area contributed by atoms with E-state index < -0.39 is 48.0 Å². The number of hydrogen-bond donors (Lipinski definition) is 7. The number of aliphatic carboxylic acids is 1. The molecule has 0 aliphatic rings. The molecule has 0 radical (unpaired) electrons. The fraction of sp³-hybridized carbons (Fsp3) is 0.433. The number of anilines is 2. The molecule has 0 saturated heterocycles. The van der Waals surface area contributed by atoms with Crippen molar-refractivity contribution in [3.8, 4) is 0 Å². The zero-order valence-electron chi connectivity index (χ0n) is 26.7. The molecule has 270 valence electrons. The van der Waals surface area contributed by atoms with Crippen LogP contribution >= 0.6 is 0 Å². The van der Waals surface area contributed by atoms with Crippen molar-refractivity contribution in [1.29, 1.82) is 0 Å². The van der Waals surface area contributed by atoms with Gasteiger partial charge in [0.1, 0.15) is 6.04 Å². The quantitative estimate of drug-likeness (QED) is 0.0892. The highest BCUT2D eigenvalue weighted by molar-refractivity contribution is 5.99. The minimum atomic E-state index is -5.31. The van der Waals surface area contributed by atoms with Crippen molar-refractivity contribution in [2.45, 2.75) is 63.7 Å². The van der Waals surface area contributed by atoms with E-state index in [1.165, 1.54) is 0 Å². The van der Waals surface area contributed by atoms with Gasteiger partial charge in [-0.25, -0.2) is 14.8 Å². The number of nitrogens with two attached hydrogens (primary N) is 2. The van der Waals surface area contributed by atoms with Crippen molar-refractivity contribution in [1.82, 2.24) is 35.9 Å². The van der Waals surface area contributed by atoms with Crippen LogP contribution < -0.4 is 37.9 Å². The van der Waals surface area contributed by atoms with Crippen molar-refractivity contribution in [3.63, 3.8) is 0 Å². The second-order valence-corrected chi connectivity index (χ2v) is 11.0. The van der Waals surface area contributed by atoms with Gasteiger partial charge in [-0.3, -0.25) is 33.9 Å². The van der Waals surface area contributed by atoms with E-state index >= 15 is 0 Å². The summed E-state index contributed by atoms with van der Waals surface area (Å²) in [5, 5.41) is 17.2. The Morgan fingerprint density at radius 2 is 1.60 bits per heavy atom. The highest BCUT2D eigenvalue weighted by atomic mass is 19.4. The summed E-state index contributed by atoms with van der Waals surface area (Å²) in [5.74, 6) is -5.51. The van der Waals surface area contributed by atoms with E-state index in [1.807, 2.05) is 0 Å². The number of amides is 4. The van der Waals surface area contributed by atoms with Gasteiger partial charge in [0, 0.05) is 37.2 Å². The topological polar surface area (TPSA) is 268 Å². The number of carboxylic acids is 1. The Labute approximate surface area is 282 Å². The summed E-state index contributed by atoms with van der Waals surface area (Å²) < 4.78 is 40.6. The van der Waals surface area contributed by atoms with Crippen molar-refractivity contribution < 1.29 is 42.3 Å². The molecule has 0 spiro atoms. The van der Waals surface area contributed by atoms with E-state index in [-0.39, 0.29) is 65.8 Å². The van der Waals surface area contributed by atoms with E-state index in [2.05, 4.69) is 35.9 Å². The van der Waals surface area contributed by atoms with E-state index in [0.29, 0.717) is 24.4 Å². The Morgan fingerprint density at radius 1 is 0.940 bits per heavy atom. The van der Waals surface area contributed by atoms with Crippen LogP contribution in [0.5, 0.6) is 0 Å². The van der Waals surface area contributed by atoms with Crippen LogP contribution in [0.2, 0.25) is 0 Å². The molecule has 0 fully saturated rings. The molecule has 2 aromatic heterocycles. The number of unbranched alkanes of at least 4 members (excludes halogenated alkanes) is 2. The summed E-state index contributed by atoms with van der Waals surface area (Å²) in [6.07, 6.45) is -1.66. The number of H-pyrrole nitrogens is 1. The van der Waals surface area contributed by atoms with Crippen molar-refractivity contribution in [2.24, 2.45) is 5.73 Å². The number of aromatic nitrogens is 4. The van der Waals surface area contributed by atoms with Gasteiger partial charge in [-0.15, -0.1) is 0 Å². The maximum absolute atomic E-state index is 13.5. The third kappa shape index (κ3) is 11.8. The van der Waals surface area contributed by atoms with Gasteiger partial charge in [0.25, 0.3) is 11.5 Å². The molecule has 0 bridgehead atoms. The van der Waals surface area contributed by atoms with Crippen LogP contribution in [0.1, 0.15) is 61.0 Å². The number of aromatic amines is 1. The molecule has 1 aromatic carbocycles. The molecule has 0 aliphatic carbocycles. The van der Waals surface area contributed by atoms with Crippen LogP contribution in [0.4, 0.5) is 24.8 Å². The van der Waals surface area contributed by atoms with Gasteiger partial charge in [0.05, 0.1) is 18.4 Å². The Kier molecular flexibility index (Phi) is 14.1. The van der Waals surface area contributed by atoms with Gasteiger partial charge >= 0.3 is 18.1 Å². The summed E-state index contributed by atoms with van der Waals surface area (Å²) in [4.78, 5) is 87.3. The average molecular weight is 707 g/mol. The second-order valence-electron chi connectivity index (χ2n) is 11.0. The summed E-state index contributed by atoms with van der Waals surface area (Å²) in [6, 6.07) is 2.74. The Balaban J connectivity index is 1.58. The molecule has 17 nitrogen and oxygen atoms in total. The Morgan fingerprint density at radius 3 is 2.24 bits per heavy atom. The molecular weight excluding hydrogens is 669 g/mol. The van der Waals surface area contributed by atoms with E-state index in [4.69, 9.17) is 11.5 Å². The van der Waals surface area contributed by atoms with Gasteiger partial charge in [0.15, 0.2) is 11.2 Å². The SMILES string of the molecule is NCCCCCNC(=O)CCCNC(=O)CCC(NC(=O)c1ccc(N(Cc2cnc3nc(N)[nH]c(=O)c3n2)C(=O)C(F)(F)F)cc1)C(=O)O. The zero-order chi connectivity index (χ0) is 36.8. The number of carbonyl (C=O) groups excluding carboxylic acids is 4. The van der Waals surface area contributed by atoms with Crippen molar-refractivity contribution in [3.05, 3.63) is 52.1 Å². The number of carboxylic acid groups (broad SMARTS) is 1. The van der Waals surface area contributed by atoms with Crippen LogP contribution in [-0.4, -0.2) is 86.5 Å². The average Bonchev–Trinajstić information content (AvgIpc) is 3.06. The van der Waals surface area contributed by atoms with E-state index in [9.17, 15) is 47.0 Å². The van der Waals surface area contributed by atoms with Crippen LogP contribution in [0.25, 0.3) is 11.2 Å². The molecule has 2 heterocycles. The van der Waals surface area contributed by atoms with Crippen molar-refractivity contribution >= 4 is 52.4 Å². The number of fused-ring (bicyclic) bond motifs is 1. The number of rotatable bonds is 18. The van der Waals surface area contributed by atoms with Crippen LogP contribution in [0, 0.1) is 0 Å². The maximum atomic E-state index is 13.5.